The molecule has 0 radical (unpaired) electrons. The summed E-state index contributed by atoms with van der Waals surface area (Å²) in [5.74, 6) is 0.781. The van der Waals surface area contributed by atoms with Crippen molar-refractivity contribution < 1.29 is 4.79 Å². The molecule has 1 atom stereocenters. The van der Waals surface area contributed by atoms with Gasteiger partial charge in [-0.2, -0.15) is 0 Å². The topological polar surface area (TPSA) is 55.1 Å². The van der Waals surface area contributed by atoms with Gasteiger partial charge in [0.15, 0.2) is 0 Å². The number of amides is 1. The number of carbonyl (C=O) groups is 1. The van der Waals surface area contributed by atoms with Crippen LogP contribution in [0.1, 0.15) is 59.3 Å². The lowest BCUT2D eigenvalue weighted by atomic mass is 9.66. The third kappa shape index (κ3) is 3.70. The van der Waals surface area contributed by atoms with Gasteiger partial charge in [-0.25, -0.2) is 0 Å². The molecular formula is C14H28N2O. The highest BCUT2D eigenvalue weighted by molar-refractivity contribution is 5.77. The first-order valence-electron chi connectivity index (χ1n) is 7.06. The number of carbonyl (C=O) groups excluding carboxylic acids is 1. The van der Waals surface area contributed by atoms with E-state index in [1.807, 2.05) is 0 Å². The second kappa shape index (κ2) is 6.39. The average Bonchev–Trinajstić information content (AvgIpc) is 2.25. The van der Waals surface area contributed by atoms with E-state index in [-0.39, 0.29) is 17.4 Å². The van der Waals surface area contributed by atoms with Crippen LogP contribution >= 0.6 is 0 Å². The summed E-state index contributed by atoms with van der Waals surface area (Å²) in [6.45, 7) is 7.14. The molecule has 3 heteroatoms. The zero-order valence-electron chi connectivity index (χ0n) is 11.6. The Kier molecular flexibility index (Phi) is 5.44. The highest BCUT2D eigenvalue weighted by Crippen LogP contribution is 2.42. The van der Waals surface area contributed by atoms with Crippen molar-refractivity contribution in [3.8, 4) is 0 Å². The van der Waals surface area contributed by atoms with Gasteiger partial charge in [0, 0.05) is 12.5 Å². The van der Waals surface area contributed by atoms with Crippen molar-refractivity contribution in [2.24, 2.45) is 17.1 Å². The standard InChI is InChI=1S/C14H28N2O/c1-4-12(5-2)11(3)16-13(17)9-14(10-15)7-6-8-14/h11-12H,4-10,15H2,1-3H3,(H,16,17). The molecule has 3 nitrogen and oxygen atoms in total. The number of hydrogen-bond donors (Lipinski definition) is 2. The molecule has 17 heavy (non-hydrogen) atoms. The third-order valence-corrected chi connectivity index (χ3v) is 4.53. The van der Waals surface area contributed by atoms with Crippen molar-refractivity contribution in [2.45, 2.75) is 65.3 Å². The summed E-state index contributed by atoms with van der Waals surface area (Å²) in [7, 11) is 0. The smallest absolute Gasteiger partial charge is 0.220 e. The maximum absolute atomic E-state index is 12.0. The molecule has 0 aromatic heterocycles. The molecule has 1 aliphatic rings. The average molecular weight is 240 g/mol. The zero-order chi connectivity index (χ0) is 12.9. The minimum Gasteiger partial charge on any atom is -0.353 e. The van der Waals surface area contributed by atoms with E-state index >= 15 is 0 Å². The summed E-state index contributed by atoms with van der Waals surface area (Å²) in [6.07, 6.45) is 6.34. The number of nitrogens with one attached hydrogen (secondary N) is 1. The zero-order valence-corrected chi connectivity index (χ0v) is 11.6. The third-order valence-electron chi connectivity index (χ3n) is 4.53. The van der Waals surface area contributed by atoms with E-state index in [1.54, 1.807) is 0 Å². The summed E-state index contributed by atoms with van der Waals surface area (Å²) in [5.41, 5.74) is 5.90. The molecule has 1 saturated carbocycles. The van der Waals surface area contributed by atoms with Gasteiger partial charge in [-0.1, -0.05) is 33.1 Å². The Balaban J connectivity index is 2.38. The molecule has 1 amide bonds. The Labute approximate surface area is 106 Å². The largest absolute Gasteiger partial charge is 0.353 e. The van der Waals surface area contributed by atoms with Crippen LogP contribution in [0.4, 0.5) is 0 Å². The Hall–Kier alpha value is -0.570. The van der Waals surface area contributed by atoms with Gasteiger partial charge in [0.2, 0.25) is 5.91 Å². The number of hydrogen-bond acceptors (Lipinski definition) is 2. The Morgan fingerprint density at radius 2 is 1.94 bits per heavy atom. The summed E-state index contributed by atoms with van der Waals surface area (Å²) in [6, 6.07) is 0.285. The van der Waals surface area contributed by atoms with Gasteiger partial charge >= 0.3 is 0 Å². The molecular weight excluding hydrogens is 212 g/mol. The summed E-state index contributed by atoms with van der Waals surface area (Å²) < 4.78 is 0. The highest BCUT2D eigenvalue weighted by atomic mass is 16.1. The molecule has 100 valence electrons. The van der Waals surface area contributed by atoms with Gasteiger partial charge in [0.1, 0.15) is 0 Å². The molecule has 0 saturated heterocycles. The van der Waals surface area contributed by atoms with E-state index in [0.29, 0.717) is 18.9 Å². The minimum absolute atomic E-state index is 0.123. The Morgan fingerprint density at radius 3 is 2.29 bits per heavy atom. The van der Waals surface area contributed by atoms with Gasteiger partial charge in [0.25, 0.3) is 0 Å². The van der Waals surface area contributed by atoms with Crippen LogP contribution in [0, 0.1) is 11.3 Å². The molecule has 0 spiro atoms. The van der Waals surface area contributed by atoms with Crippen LogP contribution in [-0.4, -0.2) is 18.5 Å². The van der Waals surface area contributed by atoms with Crippen LogP contribution in [0.25, 0.3) is 0 Å². The second-order valence-corrected chi connectivity index (χ2v) is 5.67. The molecule has 1 unspecified atom stereocenters. The summed E-state index contributed by atoms with van der Waals surface area (Å²) in [5, 5.41) is 3.15. The Morgan fingerprint density at radius 1 is 1.35 bits per heavy atom. The minimum atomic E-state index is 0.123. The van der Waals surface area contributed by atoms with Crippen LogP contribution < -0.4 is 11.1 Å². The first-order chi connectivity index (χ1) is 8.06. The molecule has 0 aromatic carbocycles. The lowest BCUT2D eigenvalue weighted by Gasteiger charge is -2.40. The van der Waals surface area contributed by atoms with Crippen molar-refractivity contribution in [1.82, 2.24) is 5.32 Å². The predicted octanol–water partition coefficient (Wildman–Crippen LogP) is 2.45. The Bertz CT molecular complexity index is 239. The van der Waals surface area contributed by atoms with Crippen LogP contribution in [0.15, 0.2) is 0 Å². The first kappa shape index (κ1) is 14.5. The maximum Gasteiger partial charge on any atom is 0.220 e. The van der Waals surface area contributed by atoms with Gasteiger partial charge in [-0.15, -0.1) is 0 Å². The van der Waals surface area contributed by atoms with Gasteiger partial charge < -0.3 is 11.1 Å². The highest BCUT2D eigenvalue weighted by Gasteiger charge is 2.37. The molecule has 1 rings (SSSR count). The van der Waals surface area contributed by atoms with Crippen LogP contribution in [-0.2, 0) is 4.79 Å². The molecule has 1 aliphatic carbocycles. The van der Waals surface area contributed by atoms with Crippen molar-refractivity contribution in [3.63, 3.8) is 0 Å². The lowest BCUT2D eigenvalue weighted by Crippen LogP contribution is -2.45. The van der Waals surface area contributed by atoms with E-state index in [9.17, 15) is 4.79 Å². The van der Waals surface area contributed by atoms with Crippen LogP contribution in [0.5, 0.6) is 0 Å². The van der Waals surface area contributed by atoms with Gasteiger partial charge in [0.05, 0.1) is 0 Å². The lowest BCUT2D eigenvalue weighted by molar-refractivity contribution is -0.125. The first-order valence-corrected chi connectivity index (χ1v) is 7.06. The van der Waals surface area contributed by atoms with Gasteiger partial charge in [-0.3, -0.25) is 4.79 Å². The van der Waals surface area contributed by atoms with Crippen molar-refractivity contribution in [1.29, 1.82) is 0 Å². The fraction of sp³-hybridized carbons (Fsp3) is 0.929. The fourth-order valence-corrected chi connectivity index (χ4v) is 2.89. The molecule has 0 aromatic rings. The van der Waals surface area contributed by atoms with Gasteiger partial charge in [-0.05, 0) is 37.6 Å². The summed E-state index contributed by atoms with van der Waals surface area (Å²) >= 11 is 0. The summed E-state index contributed by atoms with van der Waals surface area (Å²) in [4.78, 5) is 12.0. The normalized spacial score (nSPS) is 19.8. The second-order valence-electron chi connectivity index (χ2n) is 5.67. The van der Waals surface area contributed by atoms with E-state index in [0.717, 1.165) is 25.7 Å². The maximum atomic E-state index is 12.0. The number of nitrogens with two attached hydrogens (primary N) is 1. The molecule has 3 N–H and O–H groups in total. The SMILES string of the molecule is CCC(CC)C(C)NC(=O)CC1(CN)CCC1. The molecule has 0 aliphatic heterocycles. The fourth-order valence-electron chi connectivity index (χ4n) is 2.89. The molecule has 0 heterocycles. The van der Waals surface area contributed by atoms with Crippen molar-refractivity contribution in [3.05, 3.63) is 0 Å². The van der Waals surface area contributed by atoms with Crippen molar-refractivity contribution in [2.75, 3.05) is 6.54 Å². The van der Waals surface area contributed by atoms with E-state index in [1.165, 1.54) is 6.42 Å². The van der Waals surface area contributed by atoms with Crippen LogP contribution in [0.2, 0.25) is 0 Å². The molecule has 1 fully saturated rings. The number of rotatable bonds is 7. The monoisotopic (exact) mass is 240 g/mol. The quantitative estimate of drug-likeness (QED) is 0.718. The van der Waals surface area contributed by atoms with E-state index in [2.05, 4.69) is 26.1 Å². The van der Waals surface area contributed by atoms with Crippen molar-refractivity contribution >= 4 is 5.91 Å². The predicted molar refractivity (Wildman–Crippen MR) is 71.6 cm³/mol. The van der Waals surface area contributed by atoms with Crippen LogP contribution in [0.3, 0.4) is 0 Å². The molecule has 0 bridgehead atoms. The van der Waals surface area contributed by atoms with E-state index < -0.39 is 0 Å². The van der Waals surface area contributed by atoms with E-state index in [4.69, 9.17) is 5.73 Å².